The molecule has 15 nitrogen and oxygen atoms in total. The highest BCUT2D eigenvalue weighted by atomic mass is 16.5. The summed E-state index contributed by atoms with van der Waals surface area (Å²) in [6.45, 7) is 12.1. The number of H-pyrrole nitrogens is 2. The van der Waals surface area contributed by atoms with E-state index in [9.17, 15) is 29.1 Å². The summed E-state index contributed by atoms with van der Waals surface area (Å²) in [6, 6.07) is 6.61. The zero-order valence-electron chi connectivity index (χ0n) is 35.3. The third kappa shape index (κ3) is 8.55. The van der Waals surface area contributed by atoms with Crippen LogP contribution in [0.25, 0.3) is 38.8 Å². The summed E-state index contributed by atoms with van der Waals surface area (Å²) in [5.41, 5.74) is 15.1. The normalized spacial score (nSPS) is 17.5. The highest BCUT2D eigenvalue weighted by Gasteiger charge is 2.53. The van der Waals surface area contributed by atoms with Crippen molar-refractivity contribution in [2.75, 3.05) is 20.8 Å². The lowest BCUT2D eigenvalue weighted by atomic mass is 9.64. The van der Waals surface area contributed by atoms with Crippen LogP contribution in [0.5, 0.6) is 0 Å². The molecule has 0 saturated heterocycles. The molecule has 0 spiro atoms. The number of carboxylic acids is 2. The molecule has 3 aliphatic rings. The lowest BCUT2D eigenvalue weighted by Gasteiger charge is -2.36. The van der Waals surface area contributed by atoms with Gasteiger partial charge < -0.3 is 40.7 Å². The van der Waals surface area contributed by atoms with Gasteiger partial charge in [0.2, 0.25) is 5.91 Å². The standard InChI is InChI=1S/C46H52N6O9/c1-8-26-23(2)33-20-38-30-15-12-29(44(58)60-6)42(45(59)61-7)46(30,5)39(52-38)22-34-25(4)28(14-17-41(54)55)37(51-34)21-36-27(24(3)32(50-36)19-35(26)49-33)13-16-40(53)48-18-10-9-11-31(47)43(56)57/h8,12,15,19-22,31,42,50-51H,1,9-11,13-14,16-18,47H2,2-7H3,(H,48,53)(H,54,55)(H,56,57)/t31-,42-,46+/m0/s1. The molecular formula is C46H52N6O9. The first-order valence-electron chi connectivity index (χ1n) is 20.2. The third-order valence-electron chi connectivity index (χ3n) is 12.1. The molecular weight excluding hydrogens is 781 g/mol. The minimum atomic E-state index is -1.21. The number of unbranched alkanes of at least 4 members (excludes halogenated alkanes) is 1. The average molecular weight is 833 g/mol. The van der Waals surface area contributed by atoms with Gasteiger partial charge in [-0.2, -0.15) is 0 Å². The monoisotopic (exact) mass is 832 g/mol. The number of nitrogens with one attached hydrogen (secondary N) is 3. The molecule has 5 heterocycles. The zero-order valence-corrected chi connectivity index (χ0v) is 35.3. The van der Waals surface area contributed by atoms with Crippen LogP contribution in [0.1, 0.15) is 91.0 Å². The topological polar surface area (TPSA) is 240 Å². The summed E-state index contributed by atoms with van der Waals surface area (Å²) in [5, 5.41) is 21.7. The number of rotatable bonds is 15. The molecule has 15 heteroatoms. The fourth-order valence-corrected chi connectivity index (χ4v) is 8.52. The number of fused-ring (bicyclic) bond motifs is 11. The summed E-state index contributed by atoms with van der Waals surface area (Å²) in [7, 11) is 2.52. The van der Waals surface area contributed by atoms with Gasteiger partial charge in [0.25, 0.3) is 0 Å². The van der Waals surface area contributed by atoms with Crippen LogP contribution in [-0.2, 0) is 51.7 Å². The minimum Gasteiger partial charge on any atom is -0.481 e. The predicted octanol–water partition coefficient (Wildman–Crippen LogP) is 5.94. The highest BCUT2D eigenvalue weighted by molar-refractivity contribution is 6.02. The van der Waals surface area contributed by atoms with Gasteiger partial charge in [-0.3, -0.25) is 24.2 Å². The van der Waals surface area contributed by atoms with Crippen molar-refractivity contribution in [3.05, 3.63) is 99.7 Å². The van der Waals surface area contributed by atoms with Crippen molar-refractivity contribution in [3.63, 3.8) is 0 Å². The van der Waals surface area contributed by atoms with Crippen molar-refractivity contribution in [2.45, 2.75) is 84.1 Å². The van der Waals surface area contributed by atoms with Gasteiger partial charge in [-0.1, -0.05) is 24.8 Å². The number of esters is 2. The van der Waals surface area contributed by atoms with Crippen molar-refractivity contribution >= 4 is 68.6 Å². The first-order valence-corrected chi connectivity index (χ1v) is 20.2. The molecule has 1 amide bonds. The number of nitrogens with zero attached hydrogens (tertiary/aromatic N) is 2. The SMILES string of the molecule is C=CC1=C(C)c2cc3nc(cc4[nH]c(cc5[nH]c(cc1n2)c(C)c5CCC(=O)NCCCC[C@H](N)C(=O)O)c(CCC(=O)O)c4C)[C@@]1(C)C3=CC=C(C(=O)OC)[C@H]1C(=O)OC. The number of hydrogen-bond acceptors (Lipinski definition) is 10. The second-order valence-electron chi connectivity index (χ2n) is 15.7. The molecule has 320 valence electrons. The second kappa shape index (κ2) is 17.9. The number of hydrogen-bond donors (Lipinski definition) is 6. The lowest BCUT2D eigenvalue weighted by molar-refractivity contribution is -0.149. The number of aryl methyl sites for hydroxylation is 4. The third-order valence-corrected chi connectivity index (χ3v) is 12.1. The minimum absolute atomic E-state index is 0.112. The smallest absolute Gasteiger partial charge is 0.334 e. The van der Waals surface area contributed by atoms with Crippen LogP contribution >= 0.6 is 0 Å². The number of aliphatic carboxylic acids is 2. The first kappa shape index (κ1) is 44.0. The number of carbonyl (C=O) groups is 5. The van der Waals surface area contributed by atoms with E-state index in [1.165, 1.54) is 14.2 Å². The Bertz CT molecular complexity index is 2610. The number of aromatic amines is 2. The van der Waals surface area contributed by atoms with Crippen molar-refractivity contribution in [2.24, 2.45) is 11.7 Å². The maximum Gasteiger partial charge on any atom is 0.334 e. The van der Waals surface area contributed by atoms with Gasteiger partial charge in [0, 0.05) is 47.0 Å². The van der Waals surface area contributed by atoms with Crippen LogP contribution in [0.15, 0.2) is 54.6 Å². The van der Waals surface area contributed by atoms with E-state index in [-0.39, 0.29) is 30.7 Å². The van der Waals surface area contributed by atoms with Crippen molar-refractivity contribution in [1.29, 1.82) is 0 Å². The maximum absolute atomic E-state index is 13.8. The molecule has 0 unspecified atom stereocenters. The number of nitrogens with two attached hydrogens (primary N) is 1. The number of amides is 1. The van der Waals surface area contributed by atoms with Gasteiger partial charge in [0.05, 0.1) is 48.0 Å². The van der Waals surface area contributed by atoms with E-state index < -0.39 is 41.3 Å². The number of ether oxygens (including phenoxy) is 2. The Morgan fingerprint density at radius 1 is 0.869 bits per heavy atom. The van der Waals surface area contributed by atoms with E-state index >= 15 is 0 Å². The number of carbonyl (C=O) groups excluding carboxylic acids is 3. The molecule has 3 aromatic heterocycles. The molecule has 3 atom stereocenters. The van der Waals surface area contributed by atoms with E-state index in [2.05, 4.69) is 21.9 Å². The van der Waals surface area contributed by atoms with Gasteiger partial charge in [-0.05, 0) is 117 Å². The van der Waals surface area contributed by atoms with Crippen LogP contribution in [0, 0.1) is 19.8 Å². The second-order valence-corrected chi connectivity index (χ2v) is 15.7. The van der Waals surface area contributed by atoms with Crippen LogP contribution < -0.4 is 11.1 Å². The lowest BCUT2D eigenvalue weighted by Crippen LogP contribution is -2.42. The molecule has 0 fully saturated rings. The van der Waals surface area contributed by atoms with E-state index in [0.717, 1.165) is 38.9 Å². The average Bonchev–Trinajstić information content (AvgIpc) is 3.88. The Kier molecular flexibility index (Phi) is 12.9. The van der Waals surface area contributed by atoms with Gasteiger partial charge in [0.15, 0.2) is 0 Å². The maximum atomic E-state index is 13.8. The molecule has 8 bridgehead atoms. The Morgan fingerprint density at radius 2 is 1.52 bits per heavy atom. The number of allylic oxidation sites excluding steroid dienone is 6. The first-order chi connectivity index (χ1) is 29.0. The molecule has 1 aliphatic carbocycles. The van der Waals surface area contributed by atoms with Crippen LogP contribution in [0.2, 0.25) is 0 Å². The summed E-state index contributed by atoms with van der Waals surface area (Å²) < 4.78 is 10.4. The van der Waals surface area contributed by atoms with Crippen LogP contribution in [0.4, 0.5) is 0 Å². The molecule has 0 aromatic carbocycles. The summed E-state index contributed by atoms with van der Waals surface area (Å²) in [6.07, 6.45) is 7.16. The van der Waals surface area contributed by atoms with E-state index in [1.807, 2.05) is 52.0 Å². The van der Waals surface area contributed by atoms with Gasteiger partial charge in [0.1, 0.15) is 12.0 Å². The molecule has 7 N–H and O–H groups in total. The van der Waals surface area contributed by atoms with Gasteiger partial charge in [-0.25, -0.2) is 9.78 Å². The van der Waals surface area contributed by atoms with Crippen molar-refractivity contribution in [1.82, 2.24) is 25.3 Å². The molecule has 6 rings (SSSR count). The number of aromatic nitrogens is 4. The Balaban J connectivity index is 1.58. The zero-order chi connectivity index (χ0) is 44.3. The molecule has 2 aliphatic heterocycles. The number of methoxy groups -OCH3 is 2. The van der Waals surface area contributed by atoms with Crippen molar-refractivity contribution < 1.29 is 43.7 Å². The van der Waals surface area contributed by atoms with Crippen molar-refractivity contribution in [3.8, 4) is 0 Å². The fraction of sp³-hybridized carbons (Fsp3) is 0.370. The Morgan fingerprint density at radius 3 is 2.13 bits per heavy atom. The van der Waals surface area contributed by atoms with E-state index in [1.54, 1.807) is 18.2 Å². The molecule has 61 heavy (non-hydrogen) atoms. The van der Waals surface area contributed by atoms with Gasteiger partial charge in [-0.15, -0.1) is 0 Å². The Hall–Kier alpha value is -6.61. The molecule has 0 radical (unpaired) electrons. The quantitative estimate of drug-likeness (QED) is 0.0771. The van der Waals surface area contributed by atoms with Crippen LogP contribution in [-0.4, -0.2) is 86.7 Å². The fourth-order valence-electron chi connectivity index (χ4n) is 8.52. The van der Waals surface area contributed by atoms with Crippen LogP contribution in [0.3, 0.4) is 0 Å². The highest BCUT2D eigenvalue weighted by Crippen LogP contribution is 2.52. The number of carboxylic acid groups (broad SMARTS) is 2. The largest absolute Gasteiger partial charge is 0.481 e. The summed E-state index contributed by atoms with van der Waals surface area (Å²) >= 11 is 0. The van der Waals surface area contributed by atoms with Gasteiger partial charge >= 0.3 is 23.9 Å². The molecule has 0 saturated carbocycles. The summed E-state index contributed by atoms with van der Waals surface area (Å²) in [4.78, 5) is 80.3. The van der Waals surface area contributed by atoms with E-state index in [0.29, 0.717) is 77.1 Å². The predicted molar refractivity (Wildman–Crippen MR) is 231 cm³/mol. The Labute approximate surface area is 352 Å². The molecule has 3 aromatic rings. The van der Waals surface area contributed by atoms with E-state index in [4.69, 9.17) is 30.3 Å². The summed E-state index contributed by atoms with van der Waals surface area (Å²) in [5.74, 6) is -4.63.